The molecule has 2 atom stereocenters. The molecule has 0 aliphatic carbocycles. The summed E-state index contributed by atoms with van der Waals surface area (Å²) < 4.78 is 5.23. The summed E-state index contributed by atoms with van der Waals surface area (Å²) >= 11 is 1.59. The van der Waals surface area contributed by atoms with E-state index in [4.69, 9.17) is 4.74 Å². The minimum absolute atomic E-state index is 0.258. The molecule has 2 rings (SSSR count). The van der Waals surface area contributed by atoms with Crippen LogP contribution in [0, 0.1) is 0 Å². The van der Waals surface area contributed by atoms with Gasteiger partial charge in [-0.05, 0) is 56.7 Å². The van der Waals surface area contributed by atoms with E-state index >= 15 is 0 Å². The molecule has 28 heavy (non-hydrogen) atoms. The maximum Gasteiger partial charge on any atom is 0.408 e. The van der Waals surface area contributed by atoms with Crippen molar-refractivity contribution < 1.29 is 14.3 Å². The number of rotatable bonds is 7. The van der Waals surface area contributed by atoms with Gasteiger partial charge in [-0.25, -0.2) is 4.79 Å². The van der Waals surface area contributed by atoms with E-state index in [-0.39, 0.29) is 11.9 Å². The number of benzene rings is 1. The van der Waals surface area contributed by atoms with Crippen molar-refractivity contribution in [1.29, 1.82) is 0 Å². The largest absolute Gasteiger partial charge is 0.444 e. The molecule has 6 heteroatoms. The average Bonchev–Trinajstić information content (AvgIpc) is 3.13. The van der Waals surface area contributed by atoms with Gasteiger partial charge in [-0.3, -0.25) is 4.79 Å². The fraction of sp³-hybridized carbons (Fsp3) is 0.455. The van der Waals surface area contributed by atoms with Gasteiger partial charge >= 0.3 is 6.09 Å². The first kappa shape index (κ1) is 22.0. The Bertz CT molecular complexity index is 764. The summed E-state index contributed by atoms with van der Waals surface area (Å²) in [6.07, 6.45) is 1.53. The third-order valence-electron chi connectivity index (χ3n) is 4.09. The summed E-state index contributed by atoms with van der Waals surface area (Å²) in [6.45, 7) is 9.15. The lowest BCUT2D eigenvalue weighted by molar-refractivity contribution is -0.123. The number of nitrogens with one attached hydrogen (secondary N) is 2. The lowest BCUT2D eigenvalue weighted by atomic mass is 10.0. The van der Waals surface area contributed by atoms with E-state index < -0.39 is 17.7 Å². The molecular formula is C22H30N2O3S. The molecule has 0 saturated carbocycles. The number of hydrogen-bond donors (Lipinski definition) is 2. The van der Waals surface area contributed by atoms with Gasteiger partial charge in [-0.2, -0.15) is 0 Å². The molecule has 0 spiro atoms. The Hall–Kier alpha value is -2.34. The summed E-state index contributed by atoms with van der Waals surface area (Å²) in [6, 6.07) is 11.3. The van der Waals surface area contributed by atoms with E-state index in [0.29, 0.717) is 0 Å². The zero-order valence-electron chi connectivity index (χ0n) is 17.2. The van der Waals surface area contributed by atoms with Gasteiger partial charge in [0.1, 0.15) is 11.6 Å². The highest BCUT2D eigenvalue weighted by molar-refractivity contribution is 7.10. The van der Waals surface area contributed by atoms with Crippen molar-refractivity contribution in [3.05, 3.63) is 57.8 Å². The molecule has 0 aliphatic heterocycles. The molecular weight excluding hydrogens is 372 g/mol. The van der Waals surface area contributed by atoms with E-state index in [0.717, 1.165) is 23.3 Å². The van der Waals surface area contributed by atoms with Gasteiger partial charge in [0.25, 0.3) is 0 Å². The van der Waals surface area contributed by atoms with Crippen LogP contribution in [-0.2, 0) is 16.0 Å². The van der Waals surface area contributed by atoms with Crippen LogP contribution < -0.4 is 10.6 Å². The molecule has 5 nitrogen and oxygen atoms in total. The van der Waals surface area contributed by atoms with Crippen LogP contribution >= 0.6 is 11.3 Å². The number of ether oxygens (including phenoxy) is 1. The minimum Gasteiger partial charge on any atom is -0.444 e. The van der Waals surface area contributed by atoms with Crippen molar-refractivity contribution in [3.8, 4) is 0 Å². The van der Waals surface area contributed by atoms with Gasteiger partial charge in [0.05, 0.1) is 6.04 Å². The number of hydrogen-bond acceptors (Lipinski definition) is 4. The second-order valence-corrected chi connectivity index (χ2v) is 8.80. The van der Waals surface area contributed by atoms with Crippen LogP contribution in [0.25, 0.3) is 0 Å². The molecule has 1 heterocycles. The summed E-state index contributed by atoms with van der Waals surface area (Å²) in [7, 11) is 0. The van der Waals surface area contributed by atoms with Crippen LogP contribution in [0.5, 0.6) is 0 Å². The second-order valence-electron chi connectivity index (χ2n) is 7.82. The van der Waals surface area contributed by atoms with E-state index in [1.807, 2.05) is 17.5 Å². The number of carbonyl (C=O) groups is 2. The predicted octanol–water partition coefficient (Wildman–Crippen LogP) is 4.82. The number of carbonyl (C=O) groups excluding carboxylic acids is 2. The Morgan fingerprint density at radius 3 is 2.32 bits per heavy atom. The lowest BCUT2D eigenvalue weighted by Gasteiger charge is -2.24. The minimum atomic E-state index is -0.711. The van der Waals surface area contributed by atoms with Crippen LogP contribution in [0.3, 0.4) is 0 Å². The number of alkyl carbamates (subject to hydrolysis) is 1. The second kappa shape index (κ2) is 9.73. The van der Waals surface area contributed by atoms with Gasteiger partial charge in [0, 0.05) is 4.88 Å². The first-order valence-corrected chi connectivity index (χ1v) is 10.5. The van der Waals surface area contributed by atoms with E-state index in [1.54, 1.807) is 39.0 Å². The summed E-state index contributed by atoms with van der Waals surface area (Å²) in [5.41, 5.74) is 1.68. The predicted molar refractivity (Wildman–Crippen MR) is 114 cm³/mol. The maximum atomic E-state index is 12.7. The standard InChI is InChI=1S/C22H30N2O3S/c1-6-8-16-10-12-17(13-11-16)19(18-9-7-14-28-18)24-20(25)15(2)23-21(26)27-22(3,4)5/h7,9-15,19H,6,8H2,1-5H3,(H,23,26)(H,24,25)/t15-,19?/m1/s1. The number of amides is 2. The Morgan fingerprint density at radius 2 is 1.79 bits per heavy atom. The topological polar surface area (TPSA) is 67.4 Å². The zero-order valence-corrected chi connectivity index (χ0v) is 18.1. The molecule has 2 N–H and O–H groups in total. The van der Waals surface area contributed by atoms with Crippen molar-refractivity contribution in [2.75, 3.05) is 0 Å². The maximum absolute atomic E-state index is 12.7. The molecule has 0 radical (unpaired) electrons. The monoisotopic (exact) mass is 402 g/mol. The molecule has 152 valence electrons. The van der Waals surface area contributed by atoms with Crippen molar-refractivity contribution in [2.24, 2.45) is 0 Å². The Balaban J connectivity index is 2.10. The van der Waals surface area contributed by atoms with Crippen molar-refractivity contribution in [2.45, 2.75) is 65.1 Å². The van der Waals surface area contributed by atoms with E-state index in [9.17, 15) is 9.59 Å². The normalized spacial score (nSPS) is 13.5. The quantitative estimate of drug-likeness (QED) is 0.698. The molecule has 1 unspecified atom stereocenters. The van der Waals surface area contributed by atoms with Crippen LogP contribution in [0.2, 0.25) is 0 Å². The van der Waals surface area contributed by atoms with Crippen LogP contribution in [-0.4, -0.2) is 23.6 Å². The Morgan fingerprint density at radius 1 is 1.11 bits per heavy atom. The molecule has 0 aliphatic rings. The Kier molecular flexibility index (Phi) is 7.63. The first-order chi connectivity index (χ1) is 13.2. The number of thiophene rings is 1. The highest BCUT2D eigenvalue weighted by atomic mass is 32.1. The Labute approximate surface area is 171 Å². The highest BCUT2D eigenvalue weighted by Gasteiger charge is 2.24. The van der Waals surface area contributed by atoms with Crippen LogP contribution in [0.1, 0.15) is 63.1 Å². The molecule has 1 aromatic heterocycles. The lowest BCUT2D eigenvalue weighted by Crippen LogP contribution is -2.47. The van der Waals surface area contributed by atoms with Gasteiger partial charge in [-0.15, -0.1) is 11.3 Å². The zero-order chi connectivity index (χ0) is 20.7. The molecule has 1 aromatic carbocycles. The molecule has 2 amide bonds. The summed E-state index contributed by atoms with van der Waals surface area (Å²) in [5.74, 6) is -0.262. The molecule has 0 bridgehead atoms. The third-order valence-corrected chi connectivity index (χ3v) is 5.03. The highest BCUT2D eigenvalue weighted by Crippen LogP contribution is 2.26. The smallest absolute Gasteiger partial charge is 0.408 e. The van der Waals surface area contributed by atoms with E-state index in [1.165, 1.54) is 5.56 Å². The molecule has 2 aromatic rings. The van der Waals surface area contributed by atoms with Crippen molar-refractivity contribution >= 4 is 23.3 Å². The van der Waals surface area contributed by atoms with E-state index in [2.05, 4.69) is 41.8 Å². The first-order valence-electron chi connectivity index (χ1n) is 9.61. The summed E-state index contributed by atoms with van der Waals surface area (Å²) in [4.78, 5) is 25.7. The van der Waals surface area contributed by atoms with Gasteiger partial charge < -0.3 is 15.4 Å². The van der Waals surface area contributed by atoms with Gasteiger partial charge in [0.2, 0.25) is 5.91 Å². The van der Waals surface area contributed by atoms with Crippen LogP contribution in [0.4, 0.5) is 4.79 Å². The number of aryl methyl sites for hydroxylation is 1. The average molecular weight is 403 g/mol. The SMILES string of the molecule is CCCc1ccc(C(NC(=O)[C@@H](C)NC(=O)OC(C)(C)C)c2cccs2)cc1. The third kappa shape index (κ3) is 6.68. The van der Waals surface area contributed by atoms with Crippen molar-refractivity contribution in [3.63, 3.8) is 0 Å². The van der Waals surface area contributed by atoms with Gasteiger partial charge in [0.15, 0.2) is 0 Å². The van der Waals surface area contributed by atoms with Gasteiger partial charge in [-0.1, -0.05) is 43.7 Å². The fourth-order valence-electron chi connectivity index (χ4n) is 2.76. The molecule has 0 saturated heterocycles. The molecule has 0 fully saturated rings. The van der Waals surface area contributed by atoms with Crippen LogP contribution in [0.15, 0.2) is 41.8 Å². The summed E-state index contributed by atoms with van der Waals surface area (Å²) in [5, 5.41) is 7.64. The fourth-order valence-corrected chi connectivity index (χ4v) is 3.56. The van der Waals surface area contributed by atoms with Crippen molar-refractivity contribution in [1.82, 2.24) is 10.6 Å².